The zero-order chi connectivity index (χ0) is 18.4. The summed E-state index contributed by atoms with van der Waals surface area (Å²) in [5.41, 5.74) is -0.0582. The molecule has 0 amide bonds. The maximum absolute atomic E-state index is 12.3. The molecule has 2 heterocycles. The topological polar surface area (TPSA) is 89.9 Å². The van der Waals surface area contributed by atoms with E-state index in [9.17, 15) is 14.4 Å². The SMILES string of the molecule is C=CC12COC(=O)CC1C1OC(=O)C(=C)C1C(CC(=O)C(=C)CO)C2. The van der Waals surface area contributed by atoms with Crippen LogP contribution in [-0.4, -0.2) is 42.1 Å². The van der Waals surface area contributed by atoms with E-state index in [-0.39, 0.29) is 54.5 Å². The van der Waals surface area contributed by atoms with Crippen molar-refractivity contribution in [2.24, 2.45) is 23.2 Å². The fraction of sp³-hybridized carbons (Fsp3) is 0.526. The second-order valence-corrected chi connectivity index (χ2v) is 7.18. The largest absolute Gasteiger partial charge is 0.465 e. The molecule has 0 spiro atoms. The maximum Gasteiger partial charge on any atom is 0.334 e. The highest BCUT2D eigenvalue weighted by atomic mass is 16.6. The van der Waals surface area contributed by atoms with Crippen molar-refractivity contribution in [2.75, 3.05) is 13.2 Å². The number of aliphatic hydroxyl groups is 1. The molecule has 5 unspecified atom stereocenters. The van der Waals surface area contributed by atoms with Gasteiger partial charge in [0.1, 0.15) is 12.7 Å². The van der Waals surface area contributed by atoms with Gasteiger partial charge in [0.2, 0.25) is 0 Å². The number of hydrogen-bond donors (Lipinski definition) is 1. The summed E-state index contributed by atoms with van der Waals surface area (Å²) in [6, 6.07) is 0. The average molecular weight is 346 g/mol. The molecule has 5 atom stereocenters. The molecule has 0 aromatic rings. The van der Waals surface area contributed by atoms with Crippen molar-refractivity contribution < 1.29 is 29.0 Å². The van der Waals surface area contributed by atoms with E-state index in [1.165, 1.54) is 0 Å². The van der Waals surface area contributed by atoms with Gasteiger partial charge in [0.05, 0.1) is 13.0 Å². The minimum absolute atomic E-state index is 0.131. The molecule has 1 N–H and O–H groups in total. The lowest BCUT2D eigenvalue weighted by atomic mass is 9.55. The summed E-state index contributed by atoms with van der Waals surface area (Å²) >= 11 is 0. The normalized spacial score (nSPS) is 36.8. The van der Waals surface area contributed by atoms with Crippen LogP contribution in [0, 0.1) is 23.2 Å². The first-order valence-corrected chi connectivity index (χ1v) is 8.34. The molecule has 6 nitrogen and oxygen atoms in total. The van der Waals surface area contributed by atoms with E-state index >= 15 is 0 Å². The summed E-state index contributed by atoms with van der Waals surface area (Å²) in [6.45, 7) is 11.1. The Morgan fingerprint density at radius 3 is 2.76 bits per heavy atom. The fourth-order valence-electron chi connectivity index (χ4n) is 4.49. The lowest BCUT2D eigenvalue weighted by Crippen LogP contribution is -2.54. The predicted molar refractivity (Wildman–Crippen MR) is 88.2 cm³/mol. The van der Waals surface area contributed by atoms with Crippen LogP contribution in [0.5, 0.6) is 0 Å². The summed E-state index contributed by atoms with van der Waals surface area (Å²) in [7, 11) is 0. The van der Waals surface area contributed by atoms with Gasteiger partial charge < -0.3 is 14.6 Å². The highest BCUT2D eigenvalue weighted by Gasteiger charge is 2.60. The molecular formula is C19H22O6. The lowest BCUT2D eigenvalue weighted by Gasteiger charge is -2.51. The fourth-order valence-corrected chi connectivity index (χ4v) is 4.49. The molecule has 6 heteroatoms. The van der Waals surface area contributed by atoms with E-state index in [2.05, 4.69) is 19.7 Å². The summed E-state index contributed by atoms with van der Waals surface area (Å²) < 4.78 is 10.8. The third kappa shape index (κ3) is 2.74. The van der Waals surface area contributed by atoms with Gasteiger partial charge in [0.25, 0.3) is 0 Å². The van der Waals surface area contributed by atoms with E-state index in [4.69, 9.17) is 14.6 Å². The number of fused-ring (bicyclic) bond motifs is 3. The van der Waals surface area contributed by atoms with Crippen molar-refractivity contribution in [3.63, 3.8) is 0 Å². The number of esters is 2. The van der Waals surface area contributed by atoms with E-state index in [1.54, 1.807) is 6.08 Å². The van der Waals surface area contributed by atoms with Crippen molar-refractivity contribution >= 4 is 17.7 Å². The summed E-state index contributed by atoms with van der Waals surface area (Å²) in [4.78, 5) is 36.2. The van der Waals surface area contributed by atoms with Crippen LogP contribution in [0.2, 0.25) is 0 Å². The number of cyclic esters (lactones) is 1. The Hall–Kier alpha value is -2.21. The third-order valence-corrected chi connectivity index (χ3v) is 5.87. The molecule has 0 aromatic heterocycles. The monoisotopic (exact) mass is 346 g/mol. The Balaban J connectivity index is 1.96. The van der Waals surface area contributed by atoms with Crippen LogP contribution in [0.25, 0.3) is 0 Å². The number of rotatable bonds is 5. The number of aliphatic hydroxyl groups excluding tert-OH is 1. The zero-order valence-electron chi connectivity index (χ0n) is 14.0. The standard InChI is InChI=1S/C19H22O6/c1-4-19-7-12(5-14(21)10(2)8-20)16-11(3)18(23)25-17(16)13(19)6-15(22)24-9-19/h4,12-13,16-17,20H,1-3,5-9H2. The van der Waals surface area contributed by atoms with Crippen LogP contribution in [0.4, 0.5) is 0 Å². The summed E-state index contributed by atoms with van der Waals surface area (Å²) in [6.07, 6.45) is 2.06. The molecule has 1 aliphatic carbocycles. The van der Waals surface area contributed by atoms with Crippen LogP contribution in [0.15, 0.2) is 37.0 Å². The highest BCUT2D eigenvalue weighted by molar-refractivity contribution is 5.96. The third-order valence-electron chi connectivity index (χ3n) is 5.87. The van der Waals surface area contributed by atoms with Crippen LogP contribution in [0.1, 0.15) is 19.3 Å². The first kappa shape index (κ1) is 17.6. The van der Waals surface area contributed by atoms with Gasteiger partial charge in [-0.15, -0.1) is 6.58 Å². The molecule has 0 radical (unpaired) electrons. The molecular weight excluding hydrogens is 324 g/mol. The van der Waals surface area contributed by atoms with Gasteiger partial charge in [0.15, 0.2) is 5.78 Å². The summed E-state index contributed by atoms with van der Waals surface area (Å²) in [5, 5.41) is 9.14. The van der Waals surface area contributed by atoms with E-state index in [0.717, 1.165) is 0 Å². The van der Waals surface area contributed by atoms with Crippen molar-refractivity contribution in [2.45, 2.75) is 25.4 Å². The second-order valence-electron chi connectivity index (χ2n) is 7.18. The number of ketones is 1. The molecule has 0 aromatic carbocycles. The highest BCUT2D eigenvalue weighted by Crippen LogP contribution is 2.56. The lowest BCUT2D eigenvalue weighted by molar-refractivity contribution is -0.176. The molecule has 2 aliphatic heterocycles. The smallest absolute Gasteiger partial charge is 0.334 e. The van der Waals surface area contributed by atoms with E-state index < -0.39 is 24.1 Å². The van der Waals surface area contributed by atoms with Gasteiger partial charge in [-0.3, -0.25) is 9.59 Å². The van der Waals surface area contributed by atoms with Gasteiger partial charge in [-0.25, -0.2) is 4.79 Å². The minimum Gasteiger partial charge on any atom is -0.465 e. The Labute approximate surface area is 146 Å². The molecule has 3 aliphatic rings. The minimum atomic E-state index is -0.536. The van der Waals surface area contributed by atoms with Gasteiger partial charge in [-0.2, -0.15) is 0 Å². The number of carbonyl (C=O) groups excluding carboxylic acids is 3. The van der Waals surface area contributed by atoms with E-state index in [0.29, 0.717) is 12.0 Å². The number of hydrogen-bond acceptors (Lipinski definition) is 6. The number of Topliss-reactive ketones (excluding diaryl/α,β-unsaturated/α-hetero) is 1. The molecule has 3 fully saturated rings. The average Bonchev–Trinajstić information content (AvgIpc) is 2.90. The van der Waals surface area contributed by atoms with Crippen molar-refractivity contribution in [3.8, 4) is 0 Å². The first-order valence-electron chi connectivity index (χ1n) is 8.34. The molecule has 0 bridgehead atoms. The van der Waals surface area contributed by atoms with Gasteiger partial charge in [-0.1, -0.05) is 19.2 Å². The van der Waals surface area contributed by atoms with Crippen LogP contribution < -0.4 is 0 Å². The molecule has 3 rings (SSSR count). The van der Waals surface area contributed by atoms with Crippen molar-refractivity contribution in [1.29, 1.82) is 0 Å². The number of carbonyl (C=O) groups is 3. The predicted octanol–water partition coefficient (Wildman–Crippen LogP) is 1.35. The van der Waals surface area contributed by atoms with Crippen LogP contribution >= 0.6 is 0 Å². The van der Waals surface area contributed by atoms with Crippen molar-refractivity contribution in [3.05, 3.63) is 37.0 Å². The van der Waals surface area contributed by atoms with Crippen molar-refractivity contribution in [1.82, 2.24) is 0 Å². The molecule has 1 saturated carbocycles. The van der Waals surface area contributed by atoms with Gasteiger partial charge in [-0.05, 0) is 12.3 Å². The summed E-state index contributed by atoms with van der Waals surface area (Å²) in [5.74, 6) is -1.82. The maximum atomic E-state index is 12.3. The van der Waals surface area contributed by atoms with Crippen LogP contribution in [-0.2, 0) is 23.9 Å². The molecule has 134 valence electrons. The Morgan fingerprint density at radius 2 is 2.12 bits per heavy atom. The zero-order valence-corrected chi connectivity index (χ0v) is 14.0. The molecule has 25 heavy (non-hydrogen) atoms. The quantitative estimate of drug-likeness (QED) is 0.459. The Morgan fingerprint density at radius 1 is 1.40 bits per heavy atom. The second kappa shape index (κ2) is 6.26. The van der Waals surface area contributed by atoms with Gasteiger partial charge in [0, 0.05) is 34.8 Å². The number of ether oxygens (including phenoxy) is 2. The Bertz CT molecular complexity index is 677. The molecule has 2 saturated heterocycles. The first-order chi connectivity index (χ1) is 11.8. The van der Waals surface area contributed by atoms with Gasteiger partial charge >= 0.3 is 11.9 Å². The van der Waals surface area contributed by atoms with Crippen LogP contribution in [0.3, 0.4) is 0 Å². The van der Waals surface area contributed by atoms with E-state index in [1.807, 2.05) is 0 Å². The Kier molecular flexibility index (Phi) is 4.41.